The number of piperazine rings is 1. The van der Waals surface area contributed by atoms with E-state index >= 15 is 0 Å². The normalized spacial score (nSPS) is 21.5. The zero-order valence-corrected chi connectivity index (χ0v) is 25.2. The van der Waals surface area contributed by atoms with Crippen LogP contribution in [-0.4, -0.2) is 96.9 Å². The van der Waals surface area contributed by atoms with Crippen molar-refractivity contribution in [1.29, 1.82) is 0 Å². The number of hydrogen-bond acceptors (Lipinski definition) is 9. The van der Waals surface area contributed by atoms with Gasteiger partial charge in [0.15, 0.2) is 0 Å². The highest BCUT2D eigenvalue weighted by Gasteiger charge is 2.56. The lowest BCUT2D eigenvalue weighted by atomic mass is 10.0. The maximum absolute atomic E-state index is 13.5. The Balaban J connectivity index is 1.51. The number of amides is 6. The van der Waals surface area contributed by atoms with Crippen molar-refractivity contribution in [2.24, 2.45) is 0 Å². The molecule has 3 aliphatic heterocycles. The molecular weight excluding hydrogens is 637 g/mol. The molecule has 0 radical (unpaired) electrons. The third kappa shape index (κ3) is 6.36. The Bertz CT molecular complexity index is 1390. The van der Waals surface area contributed by atoms with Crippen LogP contribution in [0.5, 0.6) is 0 Å². The van der Waals surface area contributed by atoms with Gasteiger partial charge in [-0.05, 0) is 19.4 Å². The number of esters is 1. The SMILES string of the molecule is CCN1CCN(C(=O)NC(C(=O)NC2C(=O)N3C(C(=O)OCC(Cl)(Cl)Cl)=C(C)C(=O)S[C@@H]23)c2ccccc2)C(=O)C1=O. The summed E-state index contributed by atoms with van der Waals surface area (Å²) < 4.78 is 3.04. The third-order valence-electron chi connectivity index (χ3n) is 6.63. The molecule has 4 rings (SSSR count). The van der Waals surface area contributed by atoms with E-state index in [1.165, 1.54) is 11.8 Å². The topological polar surface area (TPSA) is 162 Å². The summed E-state index contributed by atoms with van der Waals surface area (Å²) in [5, 5.41) is 3.45. The number of alkyl halides is 3. The van der Waals surface area contributed by atoms with Gasteiger partial charge in [0, 0.05) is 25.2 Å². The number of imide groups is 1. The lowest BCUT2D eigenvalue weighted by Crippen LogP contribution is -2.71. The Hall–Kier alpha value is -3.33. The van der Waals surface area contributed by atoms with E-state index in [2.05, 4.69) is 10.6 Å². The highest BCUT2D eigenvalue weighted by atomic mass is 35.6. The van der Waals surface area contributed by atoms with Gasteiger partial charge in [0.1, 0.15) is 29.8 Å². The maximum Gasteiger partial charge on any atom is 0.355 e. The first-order valence-corrected chi connectivity index (χ1v) is 14.5. The van der Waals surface area contributed by atoms with E-state index in [1.54, 1.807) is 37.3 Å². The number of nitrogens with zero attached hydrogens (tertiary/aromatic N) is 3. The highest BCUT2D eigenvalue weighted by molar-refractivity contribution is 8.14. The fraction of sp³-hybridized carbons (Fsp3) is 0.400. The number of fused-ring (bicyclic) bond motifs is 1. The fourth-order valence-corrected chi connectivity index (χ4v) is 5.74. The first-order valence-electron chi connectivity index (χ1n) is 12.5. The van der Waals surface area contributed by atoms with Crippen LogP contribution in [0.2, 0.25) is 0 Å². The summed E-state index contributed by atoms with van der Waals surface area (Å²) in [6.07, 6.45) is 0. The van der Waals surface area contributed by atoms with E-state index in [0.29, 0.717) is 28.8 Å². The van der Waals surface area contributed by atoms with Gasteiger partial charge in [0.05, 0.1) is 0 Å². The summed E-state index contributed by atoms with van der Waals surface area (Å²) in [4.78, 5) is 92.9. The second kappa shape index (κ2) is 12.5. The van der Waals surface area contributed by atoms with Crippen molar-refractivity contribution in [2.75, 3.05) is 26.2 Å². The van der Waals surface area contributed by atoms with Crippen LogP contribution in [0.4, 0.5) is 4.79 Å². The van der Waals surface area contributed by atoms with Crippen LogP contribution in [-0.2, 0) is 33.5 Å². The van der Waals surface area contributed by atoms with Gasteiger partial charge < -0.3 is 20.3 Å². The molecule has 17 heteroatoms. The average molecular weight is 661 g/mol. The number of benzene rings is 1. The van der Waals surface area contributed by atoms with Crippen molar-refractivity contribution < 1.29 is 38.3 Å². The van der Waals surface area contributed by atoms with Crippen LogP contribution in [0.15, 0.2) is 41.6 Å². The standard InChI is InChI=1S/C25H24Cl3N5O8S/c1-3-31-9-10-32(20(37)19(31)36)24(40)30-14(13-7-5-4-6-8-13)17(34)29-15-18(35)33-16(12(2)23(39)42-21(15)33)22(38)41-11-25(26,27)28/h4-8,14-15,21H,3,9-11H2,1-2H3,(H,29,34)(H,30,40)/t14?,15?,21-/m0/s1. The Morgan fingerprint density at radius 3 is 2.36 bits per heavy atom. The first-order chi connectivity index (χ1) is 19.7. The predicted octanol–water partition coefficient (Wildman–Crippen LogP) is 1.24. The van der Waals surface area contributed by atoms with E-state index in [-0.39, 0.29) is 24.4 Å². The minimum Gasteiger partial charge on any atom is -0.456 e. The zero-order chi connectivity index (χ0) is 30.9. The molecule has 2 saturated heterocycles. The first kappa shape index (κ1) is 31.6. The molecule has 0 saturated carbocycles. The molecule has 0 bridgehead atoms. The number of rotatable bonds is 7. The maximum atomic E-state index is 13.5. The number of ether oxygens (including phenoxy) is 1. The average Bonchev–Trinajstić information content (AvgIpc) is 2.95. The predicted molar refractivity (Wildman–Crippen MR) is 151 cm³/mol. The second-order valence-electron chi connectivity index (χ2n) is 9.29. The van der Waals surface area contributed by atoms with Gasteiger partial charge in [-0.3, -0.25) is 33.8 Å². The van der Waals surface area contributed by atoms with Crippen molar-refractivity contribution in [1.82, 2.24) is 25.3 Å². The molecule has 224 valence electrons. The molecule has 0 aliphatic carbocycles. The quantitative estimate of drug-likeness (QED) is 0.190. The Morgan fingerprint density at radius 2 is 1.74 bits per heavy atom. The molecule has 42 heavy (non-hydrogen) atoms. The number of carbonyl (C=O) groups is 7. The third-order valence-corrected chi connectivity index (χ3v) is 8.20. The molecule has 3 aliphatic rings. The summed E-state index contributed by atoms with van der Waals surface area (Å²) in [5.41, 5.74) is -0.0756. The zero-order valence-electron chi connectivity index (χ0n) is 22.1. The smallest absolute Gasteiger partial charge is 0.355 e. The Morgan fingerprint density at radius 1 is 1.07 bits per heavy atom. The minimum absolute atomic E-state index is 0.0551. The number of hydrogen-bond donors (Lipinski definition) is 2. The molecular formula is C25H24Cl3N5O8S. The Labute approximate surface area is 258 Å². The van der Waals surface area contributed by atoms with Crippen LogP contribution in [0.1, 0.15) is 25.5 Å². The van der Waals surface area contributed by atoms with Gasteiger partial charge in [-0.1, -0.05) is 76.9 Å². The number of thioether (sulfide) groups is 1. The molecule has 2 N–H and O–H groups in total. The number of likely N-dealkylation sites (N-methyl/N-ethyl adjacent to an activating group) is 1. The number of nitrogens with one attached hydrogen (secondary N) is 2. The van der Waals surface area contributed by atoms with Crippen LogP contribution in [0.3, 0.4) is 0 Å². The van der Waals surface area contributed by atoms with Gasteiger partial charge in [-0.15, -0.1) is 0 Å². The van der Waals surface area contributed by atoms with E-state index in [4.69, 9.17) is 39.5 Å². The molecule has 2 fully saturated rings. The summed E-state index contributed by atoms with van der Waals surface area (Å²) >= 11 is 17.6. The van der Waals surface area contributed by atoms with Gasteiger partial charge in [0.2, 0.25) is 14.8 Å². The van der Waals surface area contributed by atoms with Crippen molar-refractivity contribution in [3.05, 3.63) is 47.2 Å². The monoisotopic (exact) mass is 659 g/mol. The van der Waals surface area contributed by atoms with Crippen molar-refractivity contribution in [3.8, 4) is 0 Å². The Kier molecular flexibility index (Phi) is 9.40. The molecule has 1 aromatic carbocycles. The van der Waals surface area contributed by atoms with Crippen molar-refractivity contribution >= 4 is 87.3 Å². The van der Waals surface area contributed by atoms with Crippen molar-refractivity contribution in [2.45, 2.75) is 35.1 Å². The van der Waals surface area contributed by atoms with Crippen LogP contribution >= 0.6 is 46.6 Å². The molecule has 0 aromatic heterocycles. The van der Waals surface area contributed by atoms with Crippen LogP contribution in [0.25, 0.3) is 0 Å². The van der Waals surface area contributed by atoms with Crippen LogP contribution < -0.4 is 10.6 Å². The fourth-order valence-electron chi connectivity index (χ4n) is 4.45. The number of urea groups is 1. The van der Waals surface area contributed by atoms with Gasteiger partial charge in [-0.2, -0.15) is 0 Å². The summed E-state index contributed by atoms with van der Waals surface area (Å²) in [6, 6.07) is 4.39. The lowest BCUT2D eigenvalue weighted by Gasteiger charge is -2.49. The second-order valence-corrected chi connectivity index (χ2v) is 12.9. The van der Waals surface area contributed by atoms with E-state index in [1.807, 2.05) is 0 Å². The van der Waals surface area contributed by atoms with E-state index in [9.17, 15) is 33.6 Å². The summed E-state index contributed by atoms with van der Waals surface area (Å²) in [5.74, 6) is -4.50. The minimum atomic E-state index is -1.93. The largest absolute Gasteiger partial charge is 0.456 e. The van der Waals surface area contributed by atoms with Crippen molar-refractivity contribution in [3.63, 3.8) is 0 Å². The molecule has 3 atom stereocenters. The summed E-state index contributed by atoms with van der Waals surface area (Å²) in [7, 11) is 0. The molecule has 1 aromatic rings. The molecule has 0 spiro atoms. The van der Waals surface area contributed by atoms with Gasteiger partial charge in [0.25, 0.3) is 5.91 Å². The molecule has 13 nitrogen and oxygen atoms in total. The number of β-lactam (4-membered cyclic amide) rings is 1. The molecule has 3 heterocycles. The number of carbonyl (C=O) groups excluding carboxylic acids is 7. The van der Waals surface area contributed by atoms with Crippen LogP contribution in [0, 0.1) is 0 Å². The lowest BCUT2D eigenvalue weighted by molar-refractivity contribution is -0.153. The van der Waals surface area contributed by atoms with Gasteiger partial charge in [-0.25, -0.2) is 9.59 Å². The van der Waals surface area contributed by atoms with E-state index in [0.717, 1.165) is 4.90 Å². The highest BCUT2D eigenvalue weighted by Crippen LogP contribution is 2.42. The molecule has 6 amide bonds. The van der Waals surface area contributed by atoms with Gasteiger partial charge >= 0.3 is 23.8 Å². The van der Waals surface area contributed by atoms with E-state index < -0.39 is 68.6 Å². The summed E-state index contributed by atoms with van der Waals surface area (Å²) in [6.45, 7) is 2.75. The number of halogens is 3. The molecule has 2 unspecified atom stereocenters.